The first kappa shape index (κ1) is 17.3. The molecule has 0 spiro atoms. The van der Waals surface area contributed by atoms with Gasteiger partial charge in [0.25, 0.3) is 0 Å². The van der Waals surface area contributed by atoms with Gasteiger partial charge in [-0.25, -0.2) is 0 Å². The zero-order chi connectivity index (χ0) is 17.0. The molecule has 0 heterocycles. The van der Waals surface area contributed by atoms with Gasteiger partial charge in [0.05, 0.1) is 14.2 Å². The van der Waals surface area contributed by atoms with Crippen LogP contribution in [0.2, 0.25) is 0 Å². The molecular formula is C15H13BrO6S. The van der Waals surface area contributed by atoms with Gasteiger partial charge in [-0.2, -0.15) is 8.42 Å². The predicted octanol–water partition coefficient (Wildman–Crippen LogP) is 3.05. The first-order chi connectivity index (χ1) is 10.9. The van der Waals surface area contributed by atoms with Crippen LogP contribution in [0.4, 0.5) is 0 Å². The summed E-state index contributed by atoms with van der Waals surface area (Å²) in [5.74, 6) is 0.0304. The van der Waals surface area contributed by atoms with Gasteiger partial charge in [-0.15, -0.1) is 0 Å². The molecule has 0 bridgehead atoms. The molecule has 0 radical (unpaired) electrons. The smallest absolute Gasteiger partial charge is 0.339 e. The largest absolute Gasteiger partial charge is 0.493 e. The van der Waals surface area contributed by atoms with E-state index in [2.05, 4.69) is 15.9 Å². The van der Waals surface area contributed by atoms with Crippen molar-refractivity contribution in [1.29, 1.82) is 0 Å². The summed E-state index contributed by atoms with van der Waals surface area (Å²) < 4.78 is 40.9. The lowest BCUT2D eigenvalue weighted by Crippen LogP contribution is -2.11. The molecule has 0 aromatic heterocycles. The van der Waals surface area contributed by atoms with Crippen molar-refractivity contribution < 1.29 is 26.9 Å². The summed E-state index contributed by atoms with van der Waals surface area (Å²) in [5, 5.41) is 0. The first-order valence-corrected chi connectivity index (χ1v) is 8.52. The van der Waals surface area contributed by atoms with E-state index in [-0.39, 0.29) is 27.7 Å². The van der Waals surface area contributed by atoms with E-state index in [0.717, 1.165) is 4.47 Å². The average Bonchev–Trinajstić information content (AvgIpc) is 2.55. The van der Waals surface area contributed by atoms with Crippen LogP contribution in [0, 0.1) is 0 Å². The molecule has 0 fully saturated rings. The molecule has 2 aromatic rings. The second-order valence-corrected chi connectivity index (χ2v) is 6.83. The fourth-order valence-electron chi connectivity index (χ4n) is 1.81. The fourth-order valence-corrected chi connectivity index (χ4v) is 3.02. The highest BCUT2D eigenvalue weighted by Gasteiger charge is 2.23. The average molecular weight is 401 g/mol. The molecule has 0 aliphatic rings. The number of carbonyl (C=O) groups excluding carboxylic acids is 1. The van der Waals surface area contributed by atoms with Crippen LogP contribution in [0.15, 0.2) is 45.8 Å². The van der Waals surface area contributed by atoms with E-state index in [1.165, 1.54) is 38.5 Å². The van der Waals surface area contributed by atoms with Crippen LogP contribution in [0.5, 0.6) is 17.2 Å². The van der Waals surface area contributed by atoms with Crippen LogP contribution in [0.1, 0.15) is 10.4 Å². The summed E-state index contributed by atoms with van der Waals surface area (Å²) in [6, 6.07) is 8.70. The fraction of sp³-hybridized carbons (Fsp3) is 0.133. The van der Waals surface area contributed by atoms with Crippen molar-refractivity contribution in [2.45, 2.75) is 4.90 Å². The Bertz CT molecular complexity index is 789. The van der Waals surface area contributed by atoms with Gasteiger partial charge in [0.1, 0.15) is 11.2 Å². The maximum Gasteiger partial charge on any atom is 0.339 e. The van der Waals surface area contributed by atoms with Crippen molar-refractivity contribution in [2.75, 3.05) is 14.2 Å². The third kappa shape index (κ3) is 3.83. The molecule has 0 unspecified atom stereocenters. The van der Waals surface area contributed by atoms with Crippen molar-refractivity contribution in [3.63, 3.8) is 0 Å². The summed E-state index contributed by atoms with van der Waals surface area (Å²) in [5.41, 5.74) is 0.270. The third-order valence-corrected chi connectivity index (χ3v) is 4.68. The third-order valence-electron chi connectivity index (χ3n) is 2.91. The molecule has 8 heteroatoms. The lowest BCUT2D eigenvalue weighted by molar-refractivity contribution is 0.112. The van der Waals surface area contributed by atoms with Gasteiger partial charge < -0.3 is 13.7 Å². The Morgan fingerprint density at radius 2 is 1.52 bits per heavy atom. The minimum absolute atomic E-state index is 0.0238. The van der Waals surface area contributed by atoms with Crippen molar-refractivity contribution in [1.82, 2.24) is 0 Å². The highest BCUT2D eigenvalue weighted by atomic mass is 79.9. The van der Waals surface area contributed by atoms with Gasteiger partial charge in [-0.05, 0) is 36.4 Å². The van der Waals surface area contributed by atoms with E-state index in [1.807, 2.05) is 0 Å². The molecule has 23 heavy (non-hydrogen) atoms. The van der Waals surface area contributed by atoms with E-state index in [0.29, 0.717) is 6.29 Å². The molecule has 0 amide bonds. The number of hydrogen-bond acceptors (Lipinski definition) is 6. The second kappa shape index (κ2) is 7.01. The molecule has 0 aliphatic carbocycles. The Morgan fingerprint density at radius 3 is 1.96 bits per heavy atom. The normalized spacial score (nSPS) is 10.9. The summed E-state index contributed by atoms with van der Waals surface area (Å²) >= 11 is 3.23. The number of aldehydes is 1. The second-order valence-electron chi connectivity index (χ2n) is 4.36. The number of hydrogen-bond donors (Lipinski definition) is 0. The molecular weight excluding hydrogens is 388 g/mol. The molecule has 122 valence electrons. The molecule has 0 saturated heterocycles. The van der Waals surface area contributed by atoms with Crippen LogP contribution < -0.4 is 13.7 Å². The molecule has 0 atom stereocenters. The van der Waals surface area contributed by atoms with E-state index >= 15 is 0 Å². The highest BCUT2D eigenvalue weighted by Crippen LogP contribution is 2.40. The van der Waals surface area contributed by atoms with Gasteiger partial charge >= 0.3 is 10.1 Å². The Hall–Kier alpha value is -2.06. The summed E-state index contributed by atoms with van der Waals surface area (Å²) in [7, 11) is -1.41. The summed E-state index contributed by atoms with van der Waals surface area (Å²) in [6.45, 7) is 0. The standard InChI is InChI=1S/C15H13BrO6S/c1-20-13-7-10(9-17)8-14(21-2)15(13)22-23(18,19)12-5-3-11(16)4-6-12/h3-9H,1-2H3. The number of ether oxygens (including phenoxy) is 2. The number of benzene rings is 2. The maximum absolute atomic E-state index is 12.4. The van der Waals surface area contributed by atoms with Gasteiger partial charge in [-0.3, -0.25) is 4.79 Å². The van der Waals surface area contributed by atoms with Crippen LogP contribution in [-0.4, -0.2) is 28.9 Å². The van der Waals surface area contributed by atoms with Crippen molar-refractivity contribution >= 4 is 32.3 Å². The Labute approximate surface area is 142 Å². The Balaban J connectivity index is 2.49. The number of carbonyl (C=O) groups is 1. The molecule has 0 saturated carbocycles. The maximum atomic E-state index is 12.4. The van der Waals surface area contributed by atoms with Crippen molar-refractivity contribution in [3.8, 4) is 17.2 Å². The summed E-state index contributed by atoms with van der Waals surface area (Å²) in [4.78, 5) is 10.9. The molecule has 0 aliphatic heterocycles. The minimum Gasteiger partial charge on any atom is -0.493 e. The molecule has 2 aromatic carbocycles. The van der Waals surface area contributed by atoms with E-state index in [4.69, 9.17) is 13.7 Å². The first-order valence-electron chi connectivity index (χ1n) is 6.32. The lowest BCUT2D eigenvalue weighted by atomic mass is 10.2. The SMILES string of the molecule is COc1cc(C=O)cc(OC)c1OS(=O)(=O)c1ccc(Br)cc1. The van der Waals surface area contributed by atoms with Crippen molar-refractivity contribution in [2.24, 2.45) is 0 Å². The quantitative estimate of drug-likeness (QED) is 0.547. The molecule has 2 rings (SSSR count). The van der Waals surface area contributed by atoms with Gasteiger partial charge in [0.15, 0.2) is 11.5 Å². The van der Waals surface area contributed by atoms with Gasteiger partial charge in [-0.1, -0.05) is 15.9 Å². The lowest BCUT2D eigenvalue weighted by Gasteiger charge is -2.14. The minimum atomic E-state index is -4.08. The van der Waals surface area contributed by atoms with E-state index < -0.39 is 10.1 Å². The van der Waals surface area contributed by atoms with E-state index in [9.17, 15) is 13.2 Å². The number of halogens is 1. The Morgan fingerprint density at radius 1 is 1.00 bits per heavy atom. The van der Waals surface area contributed by atoms with Crippen molar-refractivity contribution in [3.05, 3.63) is 46.4 Å². The van der Waals surface area contributed by atoms with E-state index in [1.54, 1.807) is 12.1 Å². The summed E-state index contributed by atoms with van der Waals surface area (Å²) in [6.07, 6.45) is 0.595. The number of methoxy groups -OCH3 is 2. The highest BCUT2D eigenvalue weighted by molar-refractivity contribution is 9.10. The zero-order valence-electron chi connectivity index (χ0n) is 12.3. The van der Waals surface area contributed by atoms with Crippen LogP contribution in [0.3, 0.4) is 0 Å². The topological polar surface area (TPSA) is 78.9 Å². The molecule has 0 N–H and O–H groups in total. The van der Waals surface area contributed by atoms with Crippen LogP contribution >= 0.6 is 15.9 Å². The number of rotatable bonds is 6. The Kier molecular flexibility index (Phi) is 5.27. The monoisotopic (exact) mass is 400 g/mol. The van der Waals surface area contributed by atoms with Crippen LogP contribution in [-0.2, 0) is 10.1 Å². The zero-order valence-corrected chi connectivity index (χ0v) is 14.7. The van der Waals surface area contributed by atoms with Gasteiger partial charge in [0, 0.05) is 10.0 Å². The van der Waals surface area contributed by atoms with Crippen LogP contribution in [0.25, 0.3) is 0 Å². The van der Waals surface area contributed by atoms with Gasteiger partial charge in [0.2, 0.25) is 5.75 Å². The predicted molar refractivity (Wildman–Crippen MR) is 86.9 cm³/mol. The molecule has 6 nitrogen and oxygen atoms in total.